The Morgan fingerprint density at radius 3 is 2.88 bits per heavy atom. The molecule has 1 N–H and O–H groups in total. The third kappa shape index (κ3) is 5.71. The monoisotopic (exact) mass is 236 g/mol. The van der Waals surface area contributed by atoms with E-state index < -0.39 is 0 Å². The molecule has 0 amide bonds. The average Bonchev–Trinajstić information content (AvgIpc) is 2.30. The molecule has 1 aromatic carbocycles. The Labute approximate surface area is 105 Å². The lowest BCUT2D eigenvalue weighted by molar-refractivity contribution is 0.317. The van der Waals surface area contributed by atoms with Crippen LogP contribution in [0.2, 0.25) is 0 Å². The summed E-state index contributed by atoms with van der Waals surface area (Å²) in [6, 6.07) is 8.34. The lowest BCUT2D eigenvalue weighted by atomic mass is 10.2. The Morgan fingerprint density at radius 2 is 2.18 bits per heavy atom. The van der Waals surface area contributed by atoms with Crippen molar-refractivity contribution in [2.24, 2.45) is 0 Å². The van der Waals surface area contributed by atoms with E-state index in [9.17, 15) is 0 Å². The molecule has 0 aliphatic rings. The number of nitrogens with zero attached hydrogens (tertiary/aromatic N) is 1. The molecule has 0 atom stereocenters. The van der Waals surface area contributed by atoms with Gasteiger partial charge in [0.2, 0.25) is 0 Å². The molecule has 0 unspecified atom stereocenters. The zero-order valence-corrected chi connectivity index (χ0v) is 11.2. The molecule has 1 rings (SSSR count). The van der Waals surface area contributed by atoms with Crippen LogP contribution in [-0.4, -0.2) is 38.7 Å². The van der Waals surface area contributed by atoms with Crippen LogP contribution >= 0.6 is 0 Å². The fourth-order valence-electron chi connectivity index (χ4n) is 1.82. The molecule has 0 radical (unpaired) electrons. The number of benzene rings is 1. The van der Waals surface area contributed by atoms with Crippen molar-refractivity contribution >= 4 is 0 Å². The van der Waals surface area contributed by atoms with Crippen LogP contribution in [0.3, 0.4) is 0 Å². The smallest absolute Gasteiger partial charge is 0.119 e. The summed E-state index contributed by atoms with van der Waals surface area (Å²) < 4.78 is 5.50. The summed E-state index contributed by atoms with van der Waals surface area (Å²) in [7, 11) is 4.15. The number of hydrogen-bond donors (Lipinski definition) is 1. The Hall–Kier alpha value is -1.06. The number of rotatable bonds is 8. The molecule has 0 heterocycles. The average molecular weight is 236 g/mol. The van der Waals surface area contributed by atoms with Gasteiger partial charge < -0.3 is 15.0 Å². The molecule has 0 fully saturated rings. The van der Waals surface area contributed by atoms with Crippen molar-refractivity contribution < 1.29 is 4.74 Å². The molecule has 3 nitrogen and oxygen atoms in total. The first-order valence-corrected chi connectivity index (χ1v) is 6.31. The van der Waals surface area contributed by atoms with E-state index in [1.165, 1.54) is 12.0 Å². The van der Waals surface area contributed by atoms with E-state index in [1.807, 2.05) is 20.0 Å². The maximum absolute atomic E-state index is 5.50. The molecule has 0 aliphatic heterocycles. The Bertz CT molecular complexity index is 315. The normalized spacial score (nSPS) is 10.8. The molecule has 1 aromatic rings. The Kier molecular flexibility index (Phi) is 6.67. The zero-order chi connectivity index (χ0) is 12.5. The van der Waals surface area contributed by atoms with E-state index in [4.69, 9.17) is 4.74 Å². The minimum atomic E-state index is 0.724. The maximum atomic E-state index is 5.50. The van der Waals surface area contributed by atoms with Crippen molar-refractivity contribution in [1.82, 2.24) is 10.2 Å². The lowest BCUT2D eigenvalue weighted by Gasteiger charge is -2.17. The molecule has 0 saturated carbocycles. The van der Waals surface area contributed by atoms with Crippen LogP contribution in [0.4, 0.5) is 0 Å². The largest absolute Gasteiger partial charge is 0.494 e. The van der Waals surface area contributed by atoms with Crippen molar-refractivity contribution in [1.29, 1.82) is 0 Å². The van der Waals surface area contributed by atoms with Crippen LogP contribution in [0.1, 0.15) is 18.9 Å². The molecule has 0 spiro atoms. The molecule has 0 aliphatic carbocycles. The Balaban J connectivity index is 2.41. The van der Waals surface area contributed by atoms with Gasteiger partial charge in [-0.3, -0.25) is 0 Å². The van der Waals surface area contributed by atoms with Gasteiger partial charge in [0, 0.05) is 6.54 Å². The number of hydrogen-bond acceptors (Lipinski definition) is 3. The van der Waals surface area contributed by atoms with E-state index in [1.54, 1.807) is 0 Å². The van der Waals surface area contributed by atoms with Gasteiger partial charge in [0.1, 0.15) is 5.75 Å². The summed E-state index contributed by atoms with van der Waals surface area (Å²) in [4.78, 5) is 2.34. The minimum absolute atomic E-state index is 0.724. The van der Waals surface area contributed by atoms with Crippen molar-refractivity contribution in [2.75, 3.05) is 33.8 Å². The van der Waals surface area contributed by atoms with Gasteiger partial charge in [-0.05, 0) is 58.2 Å². The fraction of sp³-hybridized carbons (Fsp3) is 0.571. The first-order valence-electron chi connectivity index (χ1n) is 6.31. The van der Waals surface area contributed by atoms with Gasteiger partial charge in [-0.1, -0.05) is 12.1 Å². The van der Waals surface area contributed by atoms with Crippen molar-refractivity contribution in [3.8, 4) is 5.75 Å². The highest BCUT2D eigenvalue weighted by Crippen LogP contribution is 2.14. The summed E-state index contributed by atoms with van der Waals surface area (Å²) in [6.07, 6.45) is 1.18. The second-order valence-corrected chi connectivity index (χ2v) is 4.28. The van der Waals surface area contributed by atoms with Gasteiger partial charge in [0.15, 0.2) is 0 Å². The topological polar surface area (TPSA) is 24.5 Å². The van der Waals surface area contributed by atoms with Crippen molar-refractivity contribution in [3.63, 3.8) is 0 Å². The van der Waals surface area contributed by atoms with E-state index in [0.29, 0.717) is 0 Å². The first kappa shape index (κ1) is 14.0. The molecular weight excluding hydrogens is 212 g/mol. The Morgan fingerprint density at radius 1 is 1.35 bits per heavy atom. The molecule has 0 aromatic heterocycles. The van der Waals surface area contributed by atoms with Crippen LogP contribution in [-0.2, 0) is 6.54 Å². The van der Waals surface area contributed by atoms with E-state index in [-0.39, 0.29) is 0 Å². The summed E-state index contributed by atoms with van der Waals surface area (Å²) in [5.41, 5.74) is 1.31. The zero-order valence-electron chi connectivity index (χ0n) is 11.2. The van der Waals surface area contributed by atoms with E-state index in [0.717, 1.165) is 32.0 Å². The quantitative estimate of drug-likeness (QED) is 0.700. The minimum Gasteiger partial charge on any atom is -0.494 e. The number of ether oxygens (including phenoxy) is 1. The summed E-state index contributed by atoms with van der Waals surface area (Å²) in [6.45, 7) is 5.89. The summed E-state index contributed by atoms with van der Waals surface area (Å²) in [5, 5.41) is 3.17. The second kappa shape index (κ2) is 8.09. The highest BCUT2D eigenvalue weighted by atomic mass is 16.5. The molecule has 17 heavy (non-hydrogen) atoms. The molecule has 0 bridgehead atoms. The van der Waals surface area contributed by atoms with Gasteiger partial charge >= 0.3 is 0 Å². The highest BCUT2D eigenvalue weighted by molar-refractivity contribution is 5.28. The summed E-state index contributed by atoms with van der Waals surface area (Å²) in [5.74, 6) is 0.966. The predicted molar refractivity (Wildman–Crippen MR) is 72.5 cm³/mol. The second-order valence-electron chi connectivity index (χ2n) is 4.28. The van der Waals surface area contributed by atoms with Crippen LogP contribution in [0.5, 0.6) is 5.75 Å². The molecule has 0 saturated heterocycles. The fourth-order valence-corrected chi connectivity index (χ4v) is 1.82. The van der Waals surface area contributed by atoms with Gasteiger partial charge in [-0.15, -0.1) is 0 Å². The van der Waals surface area contributed by atoms with E-state index in [2.05, 4.69) is 35.5 Å². The first-order chi connectivity index (χ1) is 8.26. The standard InChI is InChI=1S/C14H24N2O/c1-4-17-14-8-5-7-13(11-14)12-16(3)10-6-9-15-2/h5,7-8,11,15H,4,6,9-10,12H2,1-3H3. The van der Waals surface area contributed by atoms with Crippen LogP contribution < -0.4 is 10.1 Å². The SMILES string of the molecule is CCOc1cccc(CN(C)CCCNC)c1. The third-order valence-corrected chi connectivity index (χ3v) is 2.63. The lowest BCUT2D eigenvalue weighted by Crippen LogP contribution is -2.22. The molecular formula is C14H24N2O. The van der Waals surface area contributed by atoms with Gasteiger partial charge in [-0.25, -0.2) is 0 Å². The summed E-state index contributed by atoms with van der Waals surface area (Å²) >= 11 is 0. The highest BCUT2D eigenvalue weighted by Gasteiger charge is 2.01. The van der Waals surface area contributed by atoms with Crippen molar-refractivity contribution in [3.05, 3.63) is 29.8 Å². The number of nitrogens with one attached hydrogen (secondary N) is 1. The third-order valence-electron chi connectivity index (χ3n) is 2.63. The maximum Gasteiger partial charge on any atom is 0.119 e. The molecule has 3 heteroatoms. The van der Waals surface area contributed by atoms with Gasteiger partial charge in [0.25, 0.3) is 0 Å². The predicted octanol–water partition coefficient (Wildman–Crippen LogP) is 2.13. The van der Waals surface area contributed by atoms with Crippen LogP contribution in [0.25, 0.3) is 0 Å². The van der Waals surface area contributed by atoms with Crippen LogP contribution in [0, 0.1) is 0 Å². The van der Waals surface area contributed by atoms with Crippen molar-refractivity contribution in [2.45, 2.75) is 19.9 Å². The van der Waals surface area contributed by atoms with Gasteiger partial charge in [0.05, 0.1) is 6.61 Å². The van der Waals surface area contributed by atoms with Crippen LogP contribution in [0.15, 0.2) is 24.3 Å². The molecule has 96 valence electrons. The van der Waals surface area contributed by atoms with Gasteiger partial charge in [-0.2, -0.15) is 0 Å². The van der Waals surface area contributed by atoms with E-state index >= 15 is 0 Å².